The average molecular weight is 412 g/mol. The monoisotopic (exact) mass is 411 g/mol. The molecule has 152 valence electrons. The average Bonchev–Trinajstić information content (AvgIpc) is 3.12. The fourth-order valence-corrected chi connectivity index (χ4v) is 3.66. The smallest absolute Gasteiger partial charge is 0.330 e. The summed E-state index contributed by atoms with van der Waals surface area (Å²) in [6, 6.07) is 16.4. The van der Waals surface area contributed by atoms with Gasteiger partial charge in [-0.15, -0.1) is 12.4 Å². The molecule has 4 rings (SSSR count). The molecule has 0 spiro atoms. The van der Waals surface area contributed by atoms with E-state index in [1.54, 1.807) is 0 Å². The van der Waals surface area contributed by atoms with Gasteiger partial charge in [0, 0.05) is 29.4 Å². The Hall–Kier alpha value is -2.63. The second kappa shape index (κ2) is 10.2. The zero-order valence-electron chi connectivity index (χ0n) is 16.3. The van der Waals surface area contributed by atoms with E-state index < -0.39 is 0 Å². The van der Waals surface area contributed by atoms with Gasteiger partial charge in [0.25, 0.3) is 0 Å². The fraction of sp³-hybridized carbons (Fsp3) is 0.304. The fourth-order valence-electron chi connectivity index (χ4n) is 3.66. The predicted octanol–water partition coefficient (Wildman–Crippen LogP) is 4.51. The molecule has 1 aliphatic rings. The second-order valence-corrected chi connectivity index (χ2v) is 7.10. The number of hydrogen-bond donors (Lipinski definition) is 1. The number of fused-ring (bicyclic) bond motifs is 1. The van der Waals surface area contributed by atoms with Gasteiger partial charge in [-0.25, -0.2) is 9.31 Å². The maximum absolute atomic E-state index is 12.2. The van der Waals surface area contributed by atoms with E-state index in [0.29, 0.717) is 12.6 Å². The van der Waals surface area contributed by atoms with Crippen molar-refractivity contribution in [1.82, 2.24) is 14.9 Å². The Morgan fingerprint density at radius 1 is 1.17 bits per heavy atom. The van der Waals surface area contributed by atoms with E-state index in [-0.39, 0.29) is 18.4 Å². The van der Waals surface area contributed by atoms with Crippen LogP contribution in [0.5, 0.6) is 0 Å². The summed E-state index contributed by atoms with van der Waals surface area (Å²) in [6.07, 6.45) is 9.75. The van der Waals surface area contributed by atoms with Gasteiger partial charge in [0.1, 0.15) is 5.69 Å². The van der Waals surface area contributed by atoms with E-state index in [4.69, 9.17) is 4.74 Å². The molecule has 0 amide bonds. The highest BCUT2D eigenvalue weighted by atomic mass is 35.5. The standard InChI is InChI=1S/C23H25N3O2.ClH/c27-22(28-17-14-19-10-4-6-15-24-19)13-12-20-21-11-5-7-16-26(21)25-23(20)18-8-2-1-3-9-18;/h1-3,5,7-9,11-13,16,19,24H,4,6,10,14-15,17H2;1H/b13-12+;/t19-;/m1./s1. The zero-order chi connectivity index (χ0) is 19.2. The van der Waals surface area contributed by atoms with Crippen molar-refractivity contribution < 1.29 is 9.53 Å². The van der Waals surface area contributed by atoms with Crippen molar-refractivity contribution in [2.24, 2.45) is 0 Å². The number of ether oxygens (including phenoxy) is 1. The van der Waals surface area contributed by atoms with Gasteiger partial charge in [-0.2, -0.15) is 5.10 Å². The summed E-state index contributed by atoms with van der Waals surface area (Å²) >= 11 is 0. The zero-order valence-corrected chi connectivity index (χ0v) is 17.1. The normalized spacial score (nSPS) is 16.6. The van der Waals surface area contributed by atoms with E-state index in [2.05, 4.69) is 10.4 Å². The molecule has 0 unspecified atom stereocenters. The summed E-state index contributed by atoms with van der Waals surface area (Å²) in [7, 11) is 0. The summed E-state index contributed by atoms with van der Waals surface area (Å²) < 4.78 is 7.24. The lowest BCUT2D eigenvalue weighted by molar-refractivity contribution is -0.137. The quantitative estimate of drug-likeness (QED) is 0.479. The number of carbonyl (C=O) groups excluding carboxylic acids is 1. The molecule has 0 radical (unpaired) electrons. The van der Waals surface area contributed by atoms with Crippen molar-refractivity contribution >= 4 is 30.0 Å². The third kappa shape index (κ3) is 5.25. The number of nitrogens with zero attached hydrogens (tertiary/aromatic N) is 2. The molecular formula is C23H26ClN3O2. The molecule has 1 saturated heterocycles. The molecule has 6 heteroatoms. The lowest BCUT2D eigenvalue weighted by Gasteiger charge is -2.22. The lowest BCUT2D eigenvalue weighted by atomic mass is 10.0. The SMILES string of the molecule is Cl.O=C(/C=C/c1c(-c2ccccc2)nn2ccccc12)OCC[C@H]1CCCCN1. The van der Waals surface area contributed by atoms with Crippen molar-refractivity contribution in [2.45, 2.75) is 31.7 Å². The Labute approximate surface area is 177 Å². The number of rotatable bonds is 6. The summed E-state index contributed by atoms with van der Waals surface area (Å²) in [5.74, 6) is -0.315. The first-order valence-electron chi connectivity index (χ1n) is 9.92. The minimum absolute atomic E-state index is 0. The summed E-state index contributed by atoms with van der Waals surface area (Å²) in [6.45, 7) is 1.51. The topological polar surface area (TPSA) is 55.6 Å². The predicted molar refractivity (Wildman–Crippen MR) is 118 cm³/mol. The van der Waals surface area contributed by atoms with Crippen LogP contribution in [0.15, 0.2) is 60.8 Å². The molecule has 5 nitrogen and oxygen atoms in total. The van der Waals surface area contributed by atoms with Crippen LogP contribution in [0.2, 0.25) is 0 Å². The van der Waals surface area contributed by atoms with Crippen LogP contribution in [0.1, 0.15) is 31.2 Å². The Morgan fingerprint density at radius 2 is 2.00 bits per heavy atom. The first-order chi connectivity index (χ1) is 13.8. The van der Waals surface area contributed by atoms with E-state index in [0.717, 1.165) is 41.7 Å². The van der Waals surface area contributed by atoms with Gasteiger partial charge >= 0.3 is 5.97 Å². The van der Waals surface area contributed by atoms with Gasteiger partial charge in [0.05, 0.1) is 12.1 Å². The number of esters is 1. The van der Waals surface area contributed by atoms with Gasteiger partial charge in [0.2, 0.25) is 0 Å². The van der Waals surface area contributed by atoms with Gasteiger partial charge in [-0.3, -0.25) is 0 Å². The molecule has 1 fully saturated rings. The third-order valence-corrected chi connectivity index (χ3v) is 5.13. The highest BCUT2D eigenvalue weighted by molar-refractivity contribution is 5.92. The number of piperidine rings is 1. The first-order valence-corrected chi connectivity index (χ1v) is 9.92. The summed E-state index contributed by atoms with van der Waals surface area (Å²) in [5, 5.41) is 8.16. The van der Waals surface area contributed by atoms with Gasteiger partial charge in [-0.05, 0) is 44.0 Å². The van der Waals surface area contributed by atoms with Crippen LogP contribution in [0.4, 0.5) is 0 Å². The Morgan fingerprint density at radius 3 is 2.79 bits per heavy atom. The van der Waals surface area contributed by atoms with Crippen LogP contribution >= 0.6 is 12.4 Å². The first kappa shape index (κ1) is 21.1. The number of aromatic nitrogens is 2. The van der Waals surface area contributed by atoms with Crippen molar-refractivity contribution in [3.05, 3.63) is 66.4 Å². The molecule has 0 saturated carbocycles. The maximum Gasteiger partial charge on any atom is 0.330 e. The summed E-state index contributed by atoms with van der Waals surface area (Å²) in [4.78, 5) is 12.2. The molecule has 1 aromatic carbocycles. The van der Waals surface area contributed by atoms with Gasteiger partial charge in [-0.1, -0.05) is 42.8 Å². The Kier molecular flexibility index (Phi) is 7.44. The van der Waals surface area contributed by atoms with E-state index in [9.17, 15) is 4.79 Å². The van der Waals surface area contributed by atoms with Crippen LogP contribution in [0, 0.1) is 0 Å². The van der Waals surface area contributed by atoms with E-state index >= 15 is 0 Å². The maximum atomic E-state index is 12.2. The molecule has 0 bridgehead atoms. The number of hydrogen-bond acceptors (Lipinski definition) is 4. The second-order valence-electron chi connectivity index (χ2n) is 7.10. The number of halogens is 1. The molecular weight excluding hydrogens is 386 g/mol. The van der Waals surface area contributed by atoms with Crippen LogP contribution in [-0.4, -0.2) is 34.8 Å². The summed E-state index contributed by atoms with van der Waals surface area (Å²) in [5.41, 5.74) is 3.74. The minimum Gasteiger partial charge on any atom is -0.462 e. The minimum atomic E-state index is -0.315. The number of nitrogens with one attached hydrogen (secondary N) is 1. The van der Waals surface area contributed by atoms with Crippen molar-refractivity contribution in [3.8, 4) is 11.3 Å². The molecule has 1 N–H and O–H groups in total. The molecule has 1 atom stereocenters. The van der Waals surface area contributed by atoms with Crippen molar-refractivity contribution in [1.29, 1.82) is 0 Å². The highest BCUT2D eigenvalue weighted by Gasteiger charge is 2.14. The third-order valence-electron chi connectivity index (χ3n) is 5.13. The number of benzene rings is 1. The Bertz CT molecular complexity index is 963. The van der Waals surface area contributed by atoms with E-state index in [1.165, 1.54) is 18.9 Å². The molecule has 0 aliphatic carbocycles. The van der Waals surface area contributed by atoms with Gasteiger partial charge < -0.3 is 10.1 Å². The lowest BCUT2D eigenvalue weighted by Crippen LogP contribution is -2.34. The van der Waals surface area contributed by atoms with Crippen LogP contribution < -0.4 is 5.32 Å². The number of pyridine rings is 1. The molecule has 1 aliphatic heterocycles. The molecule has 29 heavy (non-hydrogen) atoms. The molecule has 2 aromatic heterocycles. The molecule has 3 heterocycles. The van der Waals surface area contributed by atoms with Crippen molar-refractivity contribution in [2.75, 3.05) is 13.2 Å². The van der Waals surface area contributed by atoms with Crippen molar-refractivity contribution in [3.63, 3.8) is 0 Å². The Balaban J connectivity index is 0.00000240. The molecule has 3 aromatic rings. The van der Waals surface area contributed by atoms with E-state index in [1.807, 2.05) is 65.3 Å². The highest BCUT2D eigenvalue weighted by Crippen LogP contribution is 2.27. The van der Waals surface area contributed by atoms with Crippen LogP contribution in [0.3, 0.4) is 0 Å². The van der Waals surface area contributed by atoms with Gasteiger partial charge in [0.15, 0.2) is 0 Å². The van der Waals surface area contributed by atoms with Crippen LogP contribution in [0.25, 0.3) is 22.9 Å². The van der Waals surface area contributed by atoms with Crippen LogP contribution in [-0.2, 0) is 9.53 Å². The largest absolute Gasteiger partial charge is 0.462 e. The number of carbonyl (C=O) groups is 1.